The minimum absolute atomic E-state index is 0.128. The van der Waals surface area contributed by atoms with Crippen LogP contribution in [0.2, 0.25) is 0 Å². The molecule has 0 rings (SSSR count). The van der Waals surface area contributed by atoms with Gasteiger partial charge in [-0.2, -0.15) is 0 Å². The molecule has 324 valence electrons. The number of ether oxygens (including phenoxy) is 1. The summed E-state index contributed by atoms with van der Waals surface area (Å²) in [4.78, 5) is 45.7. The van der Waals surface area contributed by atoms with E-state index in [1.165, 1.54) is 0 Å². The number of phosphoric acid groups is 1. The second kappa shape index (κ2) is 39.5. The number of carboxylic acids is 1. The first kappa shape index (κ1) is 53.7. The number of hydrogen-bond acceptors (Lipinski definition) is 8. The minimum Gasteiger partial charge on any atom is -0.480 e. The summed E-state index contributed by atoms with van der Waals surface area (Å²) < 4.78 is 26.7. The predicted octanol–water partition coefficient (Wildman–Crippen LogP) is 10.7. The third kappa shape index (κ3) is 39.3. The smallest absolute Gasteiger partial charge is 0.472 e. The third-order valence-electron chi connectivity index (χ3n) is 8.40. The lowest BCUT2D eigenvalue weighted by Gasteiger charge is -2.18. The standard InChI is InChI=1S/C45H74NO10P/c1-3-5-7-9-11-13-15-16-17-18-19-20-21-22-23-24-25-26-27-29-31-33-35-37-44(49)54-38-41(47)39-55-57(52,53)56-40-42(45(50)51)46-43(48)36-34-32-30-28-14-12-10-8-6-4-2/h5,7-8,10-11,13,16-17,19-20,22-23,25-26,41-42,47H,3-4,6,9,12,14-15,18,21,24,27-40H2,1-2H3,(H,46,48)(H,50,51)(H,52,53)/b7-5-,10-8-,13-11-,17-16-,20-19-,23-22-,26-25-. The average Bonchev–Trinajstić information content (AvgIpc) is 3.18. The zero-order valence-electron chi connectivity index (χ0n) is 34.9. The summed E-state index contributed by atoms with van der Waals surface area (Å²) in [5.41, 5.74) is 0. The van der Waals surface area contributed by atoms with Crippen molar-refractivity contribution in [3.63, 3.8) is 0 Å². The van der Waals surface area contributed by atoms with Crippen LogP contribution in [0.4, 0.5) is 0 Å². The van der Waals surface area contributed by atoms with E-state index >= 15 is 0 Å². The molecule has 3 unspecified atom stereocenters. The van der Waals surface area contributed by atoms with Gasteiger partial charge in [0, 0.05) is 12.8 Å². The number of allylic oxidation sites excluding steroid dienone is 14. The second-order valence-electron chi connectivity index (χ2n) is 13.8. The van der Waals surface area contributed by atoms with Gasteiger partial charge in [0.1, 0.15) is 12.7 Å². The molecule has 57 heavy (non-hydrogen) atoms. The van der Waals surface area contributed by atoms with Crippen molar-refractivity contribution in [2.75, 3.05) is 19.8 Å². The first-order chi connectivity index (χ1) is 27.6. The molecule has 0 aliphatic rings. The summed E-state index contributed by atoms with van der Waals surface area (Å²) in [7, 11) is -4.76. The van der Waals surface area contributed by atoms with Gasteiger partial charge in [-0.1, -0.05) is 137 Å². The van der Waals surface area contributed by atoms with Crippen LogP contribution >= 0.6 is 7.82 Å². The van der Waals surface area contributed by atoms with Crippen LogP contribution in [0.15, 0.2) is 85.1 Å². The SMILES string of the molecule is CC/C=C\C/C=C\C/C=C\C/C=C\C/C=C\C/C=C\CCCCCCC(=O)OCC(O)COP(=O)(O)OCC(NC(=O)CCCCCCC/C=C\CCC)C(=O)O. The fourth-order valence-electron chi connectivity index (χ4n) is 5.14. The molecule has 0 aromatic carbocycles. The molecule has 11 nitrogen and oxygen atoms in total. The van der Waals surface area contributed by atoms with Gasteiger partial charge in [0.15, 0.2) is 6.04 Å². The van der Waals surface area contributed by atoms with Crippen LogP contribution in [0.5, 0.6) is 0 Å². The Balaban J connectivity index is 3.95. The highest BCUT2D eigenvalue weighted by Gasteiger charge is 2.28. The lowest BCUT2D eigenvalue weighted by molar-refractivity contribution is -0.147. The summed E-state index contributed by atoms with van der Waals surface area (Å²) in [6.07, 6.45) is 47.7. The number of esters is 1. The van der Waals surface area contributed by atoms with Gasteiger partial charge in [0.2, 0.25) is 5.91 Å². The summed E-state index contributed by atoms with van der Waals surface area (Å²) in [5, 5.41) is 21.7. The molecule has 0 aromatic rings. The van der Waals surface area contributed by atoms with Gasteiger partial charge in [-0.25, -0.2) is 9.36 Å². The molecule has 0 aromatic heterocycles. The Bertz CT molecular complexity index is 1290. The fraction of sp³-hybridized carbons (Fsp3) is 0.622. The van der Waals surface area contributed by atoms with E-state index in [0.717, 1.165) is 109 Å². The quantitative estimate of drug-likeness (QED) is 0.0204. The Kier molecular flexibility index (Phi) is 37.2. The zero-order valence-corrected chi connectivity index (χ0v) is 35.7. The van der Waals surface area contributed by atoms with E-state index in [1.807, 2.05) is 0 Å². The first-order valence-electron chi connectivity index (χ1n) is 21.1. The number of rotatable bonds is 38. The van der Waals surface area contributed by atoms with E-state index in [0.29, 0.717) is 12.8 Å². The van der Waals surface area contributed by atoms with Gasteiger partial charge in [0.25, 0.3) is 0 Å². The molecular weight excluding hydrogens is 745 g/mol. The van der Waals surface area contributed by atoms with E-state index in [2.05, 4.69) is 104 Å². The van der Waals surface area contributed by atoms with Crippen molar-refractivity contribution < 1.29 is 47.8 Å². The van der Waals surface area contributed by atoms with E-state index in [1.54, 1.807) is 0 Å². The molecule has 0 spiro atoms. The molecule has 3 atom stereocenters. The van der Waals surface area contributed by atoms with Crippen LogP contribution in [-0.2, 0) is 32.7 Å². The molecule has 1 amide bonds. The highest BCUT2D eigenvalue weighted by Crippen LogP contribution is 2.43. The summed E-state index contributed by atoms with van der Waals surface area (Å²) in [6.45, 7) is 2.34. The number of hydrogen-bond donors (Lipinski definition) is 4. The van der Waals surface area contributed by atoms with Gasteiger partial charge < -0.3 is 25.2 Å². The molecule has 0 aliphatic carbocycles. The highest BCUT2D eigenvalue weighted by molar-refractivity contribution is 7.47. The van der Waals surface area contributed by atoms with E-state index in [-0.39, 0.29) is 12.8 Å². The van der Waals surface area contributed by atoms with Crippen LogP contribution in [0.3, 0.4) is 0 Å². The summed E-state index contributed by atoms with van der Waals surface area (Å²) >= 11 is 0. The maximum Gasteiger partial charge on any atom is 0.472 e. The van der Waals surface area contributed by atoms with Crippen molar-refractivity contribution in [3.05, 3.63) is 85.1 Å². The molecule has 12 heteroatoms. The topological polar surface area (TPSA) is 169 Å². The largest absolute Gasteiger partial charge is 0.480 e. The van der Waals surface area contributed by atoms with Crippen molar-refractivity contribution in [2.45, 2.75) is 161 Å². The number of aliphatic hydroxyl groups excluding tert-OH is 1. The van der Waals surface area contributed by atoms with Crippen LogP contribution in [0.1, 0.15) is 149 Å². The fourth-order valence-corrected chi connectivity index (χ4v) is 5.91. The number of aliphatic hydroxyl groups is 1. The van der Waals surface area contributed by atoms with Crippen LogP contribution in [-0.4, -0.2) is 64.9 Å². The van der Waals surface area contributed by atoms with Crippen molar-refractivity contribution in [2.24, 2.45) is 0 Å². The molecule has 0 heterocycles. The number of phosphoric ester groups is 1. The van der Waals surface area contributed by atoms with Crippen LogP contribution in [0.25, 0.3) is 0 Å². The van der Waals surface area contributed by atoms with Crippen molar-refractivity contribution in [3.8, 4) is 0 Å². The van der Waals surface area contributed by atoms with Crippen molar-refractivity contribution in [1.29, 1.82) is 0 Å². The Labute approximate surface area is 343 Å². The molecule has 4 N–H and O–H groups in total. The number of carbonyl (C=O) groups is 3. The van der Waals surface area contributed by atoms with Crippen molar-refractivity contribution in [1.82, 2.24) is 5.32 Å². The normalized spacial score (nSPS) is 14.6. The zero-order chi connectivity index (χ0) is 42.1. The average molecular weight is 820 g/mol. The molecule has 0 saturated carbocycles. The number of carbonyl (C=O) groups excluding carboxylic acids is 2. The predicted molar refractivity (Wildman–Crippen MR) is 231 cm³/mol. The van der Waals surface area contributed by atoms with Crippen molar-refractivity contribution >= 4 is 25.7 Å². The van der Waals surface area contributed by atoms with Gasteiger partial charge in [-0.15, -0.1) is 0 Å². The molecule has 0 bridgehead atoms. The number of aliphatic carboxylic acids is 1. The van der Waals surface area contributed by atoms with E-state index in [9.17, 15) is 34.1 Å². The van der Waals surface area contributed by atoms with Crippen LogP contribution in [0, 0.1) is 0 Å². The van der Waals surface area contributed by atoms with Crippen LogP contribution < -0.4 is 5.32 Å². The molecular formula is C45H74NO10P. The Hall–Kier alpha value is -3.34. The van der Waals surface area contributed by atoms with E-state index in [4.69, 9.17) is 13.8 Å². The highest BCUT2D eigenvalue weighted by atomic mass is 31.2. The number of amides is 1. The van der Waals surface area contributed by atoms with Gasteiger partial charge in [-0.05, 0) is 83.5 Å². The molecule has 0 aliphatic heterocycles. The number of nitrogens with one attached hydrogen (secondary N) is 1. The van der Waals surface area contributed by atoms with E-state index < -0.39 is 57.6 Å². The van der Waals surface area contributed by atoms with Gasteiger partial charge in [-0.3, -0.25) is 18.6 Å². The van der Waals surface area contributed by atoms with Gasteiger partial charge in [0.05, 0.1) is 13.2 Å². The number of carboxylic acid groups (broad SMARTS) is 1. The molecule has 0 fully saturated rings. The lowest BCUT2D eigenvalue weighted by atomic mass is 10.1. The minimum atomic E-state index is -4.76. The maximum absolute atomic E-state index is 12.2. The second-order valence-corrected chi connectivity index (χ2v) is 15.2. The Morgan fingerprint density at radius 3 is 1.54 bits per heavy atom. The Morgan fingerprint density at radius 2 is 1.02 bits per heavy atom. The third-order valence-corrected chi connectivity index (χ3v) is 9.35. The first-order valence-corrected chi connectivity index (χ1v) is 22.6. The lowest BCUT2D eigenvalue weighted by Crippen LogP contribution is -2.43. The molecule has 0 saturated heterocycles. The van der Waals surface area contributed by atoms with Gasteiger partial charge >= 0.3 is 19.8 Å². The number of unbranched alkanes of at least 4 members (excludes halogenated alkanes) is 10. The molecule has 0 radical (unpaired) electrons. The summed E-state index contributed by atoms with van der Waals surface area (Å²) in [6, 6.07) is -1.56. The maximum atomic E-state index is 12.2. The Morgan fingerprint density at radius 1 is 0.579 bits per heavy atom. The monoisotopic (exact) mass is 820 g/mol. The summed E-state index contributed by atoms with van der Waals surface area (Å²) in [5.74, 6) is -2.43.